The Morgan fingerprint density at radius 2 is 1.90 bits per heavy atom. The Kier molecular flexibility index (Phi) is 9.86. The number of hydrogen-bond donors (Lipinski definition) is 1. The van der Waals surface area contributed by atoms with Gasteiger partial charge >= 0.3 is 5.97 Å². The Labute approximate surface area is 124 Å². The van der Waals surface area contributed by atoms with Gasteiger partial charge < -0.3 is 9.47 Å². The molecule has 0 saturated carbocycles. The van der Waals surface area contributed by atoms with Crippen molar-refractivity contribution in [3.05, 3.63) is 0 Å². The van der Waals surface area contributed by atoms with E-state index in [4.69, 9.17) is 9.47 Å². The van der Waals surface area contributed by atoms with Crippen molar-refractivity contribution in [3.8, 4) is 0 Å². The van der Waals surface area contributed by atoms with Crippen LogP contribution in [0.25, 0.3) is 0 Å². The van der Waals surface area contributed by atoms with E-state index in [-0.39, 0.29) is 12.0 Å². The Bertz CT molecular complexity index is 268. The van der Waals surface area contributed by atoms with Gasteiger partial charge in [-0.15, -0.1) is 0 Å². The van der Waals surface area contributed by atoms with Crippen LogP contribution in [-0.4, -0.2) is 37.4 Å². The molecular weight excluding hydrogens is 254 g/mol. The Balaban J connectivity index is 4.26. The maximum absolute atomic E-state index is 12.1. The summed E-state index contributed by atoms with van der Waals surface area (Å²) in [6.07, 6.45) is 2.99. The number of hydrogen-bond acceptors (Lipinski definition) is 4. The van der Waals surface area contributed by atoms with Crippen LogP contribution in [0.2, 0.25) is 0 Å². The standard InChI is InChI=1S/C16H33NO3/c1-7-9-14(5)12-19-11-10-16(6,17-13(3)4)15(18)20-8-2/h13-14,17H,7-12H2,1-6H3. The Morgan fingerprint density at radius 3 is 2.40 bits per heavy atom. The van der Waals surface area contributed by atoms with Gasteiger partial charge in [-0.25, -0.2) is 0 Å². The number of nitrogens with one attached hydrogen (secondary N) is 1. The molecule has 0 aromatic rings. The number of rotatable bonds is 11. The first-order chi connectivity index (χ1) is 9.35. The fraction of sp³-hybridized carbons (Fsp3) is 0.938. The molecule has 0 rings (SSSR count). The first kappa shape index (κ1) is 19.4. The normalized spacial score (nSPS) is 15.9. The Morgan fingerprint density at radius 1 is 1.25 bits per heavy atom. The van der Waals surface area contributed by atoms with Crippen molar-refractivity contribution >= 4 is 5.97 Å². The van der Waals surface area contributed by atoms with Crippen LogP contribution in [0.5, 0.6) is 0 Å². The van der Waals surface area contributed by atoms with Crippen LogP contribution < -0.4 is 5.32 Å². The topological polar surface area (TPSA) is 47.6 Å². The van der Waals surface area contributed by atoms with Crippen LogP contribution in [0.3, 0.4) is 0 Å². The largest absolute Gasteiger partial charge is 0.465 e. The average molecular weight is 287 g/mol. The molecule has 4 nitrogen and oxygen atoms in total. The average Bonchev–Trinajstić information content (AvgIpc) is 2.34. The molecular formula is C16H33NO3. The smallest absolute Gasteiger partial charge is 0.326 e. The second-order valence-corrected chi connectivity index (χ2v) is 6.07. The van der Waals surface area contributed by atoms with E-state index in [0.717, 1.165) is 6.61 Å². The summed E-state index contributed by atoms with van der Waals surface area (Å²) in [5.41, 5.74) is -0.668. The van der Waals surface area contributed by atoms with E-state index in [2.05, 4.69) is 19.2 Å². The van der Waals surface area contributed by atoms with Gasteiger partial charge in [0.05, 0.1) is 6.61 Å². The van der Waals surface area contributed by atoms with Gasteiger partial charge in [0.25, 0.3) is 0 Å². The minimum atomic E-state index is -0.668. The van der Waals surface area contributed by atoms with Gasteiger partial charge in [-0.3, -0.25) is 10.1 Å². The third kappa shape index (κ3) is 7.85. The number of carbonyl (C=O) groups excluding carboxylic acids is 1. The summed E-state index contributed by atoms with van der Waals surface area (Å²) < 4.78 is 10.9. The predicted molar refractivity (Wildman–Crippen MR) is 82.8 cm³/mol. The first-order valence-electron chi connectivity index (χ1n) is 7.88. The van der Waals surface area contributed by atoms with Crippen LogP contribution >= 0.6 is 0 Å². The van der Waals surface area contributed by atoms with Crippen molar-refractivity contribution in [2.75, 3.05) is 19.8 Å². The van der Waals surface area contributed by atoms with E-state index in [1.165, 1.54) is 12.8 Å². The monoisotopic (exact) mass is 287 g/mol. The van der Waals surface area contributed by atoms with Crippen LogP contribution in [0, 0.1) is 5.92 Å². The molecule has 0 aromatic carbocycles. The van der Waals surface area contributed by atoms with Gasteiger partial charge in [-0.2, -0.15) is 0 Å². The van der Waals surface area contributed by atoms with E-state index < -0.39 is 5.54 Å². The molecule has 0 aliphatic carbocycles. The summed E-state index contributed by atoms with van der Waals surface area (Å²) in [5, 5.41) is 3.30. The molecule has 0 fully saturated rings. The fourth-order valence-corrected chi connectivity index (χ4v) is 2.30. The number of esters is 1. The highest BCUT2D eigenvalue weighted by Gasteiger charge is 2.34. The van der Waals surface area contributed by atoms with E-state index in [9.17, 15) is 4.79 Å². The van der Waals surface area contributed by atoms with Crippen molar-refractivity contribution < 1.29 is 14.3 Å². The molecule has 0 heterocycles. The zero-order valence-corrected chi connectivity index (χ0v) is 14.1. The van der Waals surface area contributed by atoms with Crippen LogP contribution in [0.1, 0.15) is 60.8 Å². The quantitative estimate of drug-likeness (QED) is 0.468. The SMILES string of the molecule is CCCC(C)COCCC(C)(NC(C)C)C(=O)OCC. The molecule has 0 radical (unpaired) electrons. The zero-order chi connectivity index (χ0) is 15.6. The summed E-state index contributed by atoms with van der Waals surface area (Å²) in [4.78, 5) is 12.1. The minimum Gasteiger partial charge on any atom is -0.465 e. The van der Waals surface area contributed by atoms with Gasteiger partial charge in [0.1, 0.15) is 5.54 Å². The second kappa shape index (κ2) is 10.2. The Hall–Kier alpha value is -0.610. The predicted octanol–water partition coefficient (Wildman–Crippen LogP) is 3.15. The van der Waals surface area contributed by atoms with Crippen LogP contribution in [0.15, 0.2) is 0 Å². The molecule has 2 atom stereocenters. The van der Waals surface area contributed by atoms with Crippen molar-refractivity contribution in [2.24, 2.45) is 5.92 Å². The van der Waals surface area contributed by atoms with E-state index >= 15 is 0 Å². The summed E-state index contributed by atoms with van der Waals surface area (Å²) >= 11 is 0. The lowest BCUT2D eigenvalue weighted by Crippen LogP contribution is -2.53. The van der Waals surface area contributed by atoms with Gasteiger partial charge in [0, 0.05) is 19.3 Å². The van der Waals surface area contributed by atoms with Gasteiger partial charge in [0.2, 0.25) is 0 Å². The molecule has 0 saturated heterocycles. The molecule has 0 bridgehead atoms. The van der Waals surface area contributed by atoms with E-state index in [0.29, 0.717) is 25.6 Å². The van der Waals surface area contributed by atoms with Crippen molar-refractivity contribution in [1.82, 2.24) is 5.32 Å². The number of ether oxygens (including phenoxy) is 2. The van der Waals surface area contributed by atoms with Crippen molar-refractivity contribution in [1.29, 1.82) is 0 Å². The summed E-state index contributed by atoms with van der Waals surface area (Å²) in [5.74, 6) is 0.380. The molecule has 0 aliphatic rings. The van der Waals surface area contributed by atoms with Crippen molar-refractivity contribution in [3.63, 3.8) is 0 Å². The van der Waals surface area contributed by atoms with Crippen LogP contribution in [-0.2, 0) is 14.3 Å². The maximum Gasteiger partial charge on any atom is 0.326 e. The van der Waals surface area contributed by atoms with Crippen molar-refractivity contribution in [2.45, 2.75) is 72.4 Å². The molecule has 1 N–H and O–H groups in total. The molecule has 20 heavy (non-hydrogen) atoms. The lowest BCUT2D eigenvalue weighted by atomic mass is 9.97. The second-order valence-electron chi connectivity index (χ2n) is 6.07. The molecule has 0 aromatic heterocycles. The third-order valence-electron chi connectivity index (χ3n) is 3.26. The van der Waals surface area contributed by atoms with E-state index in [1.54, 1.807) is 0 Å². The molecule has 4 heteroatoms. The fourth-order valence-electron chi connectivity index (χ4n) is 2.30. The lowest BCUT2D eigenvalue weighted by Gasteiger charge is -2.30. The molecule has 0 spiro atoms. The highest BCUT2D eigenvalue weighted by Crippen LogP contribution is 2.15. The van der Waals surface area contributed by atoms with Gasteiger partial charge in [-0.1, -0.05) is 20.3 Å². The summed E-state index contributed by atoms with van der Waals surface area (Å²) in [6, 6.07) is 0.225. The highest BCUT2D eigenvalue weighted by atomic mass is 16.5. The number of carbonyl (C=O) groups is 1. The molecule has 0 amide bonds. The van der Waals surface area contributed by atoms with Gasteiger partial charge in [0.15, 0.2) is 0 Å². The van der Waals surface area contributed by atoms with E-state index in [1.807, 2.05) is 27.7 Å². The zero-order valence-electron chi connectivity index (χ0n) is 14.1. The van der Waals surface area contributed by atoms with Crippen LogP contribution in [0.4, 0.5) is 0 Å². The molecule has 0 aliphatic heterocycles. The van der Waals surface area contributed by atoms with Gasteiger partial charge in [-0.05, 0) is 46.5 Å². The molecule has 120 valence electrons. The molecule has 2 unspecified atom stereocenters. The highest BCUT2D eigenvalue weighted by molar-refractivity contribution is 5.80. The summed E-state index contributed by atoms with van der Waals surface area (Å²) in [6.45, 7) is 13.9. The minimum absolute atomic E-state index is 0.195. The third-order valence-corrected chi connectivity index (χ3v) is 3.26. The maximum atomic E-state index is 12.1. The summed E-state index contributed by atoms with van der Waals surface area (Å²) in [7, 11) is 0. The lowest BCUT2D eigenvalue weighted by molar-refractivity contribution is -0.151. The first-order valence-corrected chi connectivity index (χ1v) is 7.88.